The Morgan fingerprint density at radius 2 is 1.67 bits per heavy atom. The van der Waals surface area contributed by atoms with Crippen LogP contribution in [0.4, 0.5) is 0 Å². The van der Waals surface area contributed by atoms with Gasteiger partial charge in [-0.3, -0.25) is 4.79 Å². The van der Waals surface area contributed by atoms with E-state index in [1.54, 1.807) is 6.07 Å². The Morgan fingerprint density at radius 1 is 1.00 bits per heavy atom. The van der Waals surface area contributed by atoms with Gasteiger partial charge in [-0.15, -0.1) is 0 Å². The largest absolute Gasteiger partial charge is 0.299 e. The summed E-state index contributed by atoms with van der Waals surface area (Å²) in [5.74, 6) is 0.298. The molecule has 15 heavy (non-hydrogen) atoms. The molecule has 0 radical (unpaired) electrons. The Labute approximate surface area is 98.7 Å². The van der Waals surface area contributed by atoms with Gasteiger partial charge in [-0.25, -0.2) is 0 Å². The van der Waals surface area contributed by atoms with Gasteiger partial charge in [0.2, 0.25) is 0 Å². The first-order valence-corrected chi connectivity index (χ1v) is 5.58. The van der Waals surface area contributed by atoms with Crippen LogP contribution in [0.5, 0.6) is 0 Å². The van der Waals surface area contributed by atoms with E-state index < -0.39 is 0 Å². The summed E-state index contributed by atoms with van der Waals surface area (Å²) in [6, 6.07) is 5.48. The third-order valence-electron chi connectivity index (χ3n) is 2.48. The van der Waals surface area contributed by atoms with E-state index in [9.17, 15) is 4.79 Å². The molecule has 0 unspecified atom stereocenters. The highest BCUT2D eigenvalue weighted by Gasteiger charge is 2.12. The van der Waals surface area contributed by atoms with Crippen molar-refractivity contribution < 1.29 is 4.79 Å². The molecule has 1 nitrogen and oxygen atoms in total. The van der Waals surface area contributed by atoms with E-state index in [1.165, 1.54) is 5.57 Å². The Morgan fingerprint density at radius 3 is 2.20 bits per heavy atom. The van der Waals surface area contributed by atoms with E-state index in [2.05, 4.69) is 0 Å². The van der Waals surface area contributed by atoms with E-state index in [1.807, 2.05) is 18.2 Å². The van der Waals surface area contributed by atoms with Gasteiger partial charge in [0.25, 0.3) is 0 Å². The third-order valence-corrected chi connectivity index (χ3v) is 2.92. The van der Waals surface area contributed by atoms with E-state index in [-0.39, 0.29) is 0 Å². The van der Waals surface area contributed by atoms with Gasteiger partial charge >= 0.3 is 0 Å². The molecular weight excluding hydrogens is 231 g/mol. The van der Waals surface area contributed by atoms with Crippen LogP contribution in [-0.2, 0) is 4.79 Å². The number of carbonyl (C=O) groups excluding carboxylic acids is 1. The number of carbonyl (C=O) groups is 1. The number of allylic oxidation sites excluding steroid dienone is 2. The van der Waals surface area contributed by atoms with Gasteiger partial charge in [0, 0.05) is 22.9 Å². The zero-order chi connectivity index (χ0) is 10.8. The minimum atomic E-state index is 0.298. The van der Waals surface area contributed by atoms with Crippen LogP contribution in [0.1, 0.15) is 24.8 Å². The van der Waals surface area contributed by atoms with Crippen molar-refractivity contribution in [3.05, 3.63) is 39.9 Å². The molecule has 0 bridgehead atoms. The maximum absolute atomic E-state index is 11.1. The molecular formula is C12H10Cl2O. The van der Waals surface area contributed by atoms with E-state index in [0.717, 1.165) is 12.0 Å². The number of benzene rings is 1. The van der Waals surface area contributed by atoms with Crippen LogP contribution in [0.25, 0.3) is 5.57 Å². The lowest BCUT2D eigenvalue weighted by Crippen LogP contribution is -2.02. The molecule has 0 amide bonds. The number of Topliss-reactive ketones (excluding diaryl/α,β-unsaturated/α-hetero) is 1. The lowest BCUT2D eigenvalue weighted by molar-refractivity contribution is -0.118. The molecule has 0 aliphatic heterocycles. The summed E-state index contributed by atoms with van der Waals surface area (Å²) in [6.07, 6.45) is 3.90. The third kappa shape index (κ3) is 2.61. The standard InChI is InChI=1S/C12H10Cl2O/c13-10-5-9(6-11(14)7-10)8-1-3-12(15)4-2-8/h1,5-7H,2-4H2. The van der Waals surface area contributed by atoms with Crippen LogP contribution in [0.15, 0.2) is 24.3 Å². The summed E-state index contributed by atoms with van der Waals surface area (Å²) in [4.78, 5) is 11.1. The molecule has 78 valence electrons. The van der Waals surface area contributed by atoms with Crippen LogP contribution in [0.2, 0.25) is 10.0 Å². The highest BCUT2D eigenvalue weighted by Crippen LogP contribution is 2.29. The lowest BCUT2D eigenvalue weighted by atomic mass is 9.93. The summed E-state index contributed by atoms with van der Waals surface area (Å²) in [5, 5.41) is 1.27. The van der Waals surface area contributed by atoms with Crippen LogP contribution < -0.4 is 0 Å². The molecule has 1 aliphatic carbocycles. The number of rotatable bonds is 1. The topological polar surface area (TPSA) is 17.1 Å². The molecule has 0 saturated carbocycles. The molecule has 0 heterocycles. The fraction of sp³-hybridized carbons (Fsp3) is 0.250. The molecule has 0 spiro atoms. The SMILES string of the molecule is O=C1CC=C(c2cc(Cl)cc(Cl)c2)CC1. The second-order valence-electron chi connectivity index (χ2n) is 3.63. The van der Waals surface area contributed by atoms with Crippen molar-refractivity contribution in [1.29, 1.82) is 0 Å². The molecule has 0 aromatic heterocycles. The number of halogens is 2. The summed E-state index contributed by atoms with van der Waals surface area (Å²) in [5.41, 5.74) is 2.19. The fourth-order valence-corrected chi connectivity index (χ4v) is 2.24. The van der Waals surface area contributed by atoms with Gasteiger partial charge in [0.1, 0.15) is 5.78 Å². The highest BCUT2D eigenvalue weighted by atomic mass is 35.5. The molecule has 0 fully saturated rings. The smallest absolute Gasteiger partial charge is 0.137 e. The number of hydrogen-bond donors (Lipinski definition) is 0. The summed E-state index contributed by atoms with van der Waals surface area (Å²) < 4.78 is 0. The van der Waals surface area contributed by atoms with Crippen LogP contribution in [0, 0.1) is 0 Å². The zero-order valence-corrected chi connectivity index (χ0v) is 9.61. The Bertz CT molecular complexity index is 415. The second-order valence-corrected chi connectivity index (χ2v) is 4.50. The van der Waals surface area contributed by atoms with Gasteiger partial charge < -0.3 is 0 Å². The Kier molecular flexibility index (Phi) is 3.13. The van der Waals surface area contributed by atoms with Crippen LogP contribution >= 0.6 is 23.2 Å². The van der Waals surface area contributed by atoms with Gasteiger partial charge in [-0.2, -0.15) is 0 Å². The van der Waals surface area contributed by atoms with Crippen molar-refractivity contribution in [2.24, 2.45) is 0 Å². The fourth-order valence-electron chi connectivity index (χ4n) is 1.72. The van der Waals surface area contributed by atoms with Crippen molar-refractivity contribution in [2.75, 3.05) is 0 Å². The van der Waals surface area contributed by atoms with Gasteiger partial charge in [-0.05, 0) is 35.8 Å². The monoisotopic (exact) mass is 240 g/mol. The first kappa shape index (κ1) is 10.7. The van der Waals surface area contributed by atoms with Crippen molar-refractivity contribution in [2.45, 2.75) is 19.3 Å². The first-order chi connectivity index (χ1) is 7.15. The molecule has 1 aromatic carbocycles. The minimum Gasteiger partial charge on any atom is -0.299 e. The predicted octanol–water partition coefficient (Wildman–Crippen LogP) is 4.13. The van der Waals surface area contributed by atoms with Gasteiger partial charge in [-0.1, -0.05) is 29.3 Å². The molecule has 3 heteroatoms. The molecule has 0 atom stereocenters. The molecule has 2 rings (SSSR count). The minimum absolute atomic E-state index is 0.298. The molecule has 1 aromatic rings. The lowest BCUT2D eigenvalue weighted by Gasteiger charge is -2.12. The van der Waals surface area contributed by atoms with Crippen molar-refractivity contribution >= 4 is 34.6 Å². The van der Waals surface area contributed by atoms with Crippen molar-refractivity contribution in [3.63, 3.8) is 0 Å². The van der Waals surface area contributed by atoms with Crippen molar-refractivity contribution in [3.8, 4) is 0 Å². The summed E-state index contributed by atoms with van der Waals surface area (Å²) in [7, 11) is 0. The van der Waals surface area contributed by atoms with Crippen LogP contribution in [0.3, 0.4) is 0 Å². The Balaban J connectivity index is 2.33. The average Bonchev–Trinajstić information content (AvgIpc) is 2.17. The Hall–Kier alpha value is -0.790. The van der Waals surface area contributed by atoms with Gasteiger partial charge in [0.05, 0.1) is 0 Å². The normalized spacial score (nSPS) is 16.4. The maximum Gasteiger partial charge on any atom is 0.137 e. The van der Waals surface area contributed by atoms with Crippen molar-refractivity contribution in [1.82, 2.24) is 0 Å². The molecule has 1 aliphatic rings. The second kappa shape index (κ2) is 4.38. The maximum atomic E-state index is 11.1. The number of hydrogen-bond acceptors (Lipinski definition) is 1. The average molecular weight is 241 g/mol. The quantitative estimate of drug-likeness (QED) is 0.722. The van der Waals surface area contributed by atoms with Crippen LogP contribution in [-0.4, -0.2) is 5.78 Å². The summed E-state index contributed by atoms with van der Waals surface area (Å²) in [6.45, 7) is 0. The highest BCUT2D eigenvalue weighted by molar-refractivity contribution is 6.34. The molecule has 0 saturated heterocycles. The van der Waals surface area contributed by atoms with E-state index in [0.29, 0.717) is 28.7 Å². The first-order valence-electron chi connectivity index (χ1n) is 4.82. The van der Waals surface area contributed by atoms with E-state index >= 15 is 0 Å². The van der Waals surface area contributed by atoms with E-state index in [4.69, 9.17) is 23.2 Å². The predicted molar refractivity (Wildman–Crippen MR) is 63.3 cm³/mol. The number of ketones is 1. The van der Waals surface area contributed by atoms with Gasteiger partial charge in [0.15, 0.2) is 0 Å². The summed E-state index contributed by atoms with van der Waals surface area (Å²) >= 11 is 11.8. The zero-order valence-electron chi connectivity index (χ0n) is 8.09. The molecule has 0 N–H and O–H groups in total.